The molecule has 0 amide bonds. The Labute approximate surface area is 115 Å². The first kappa shape index (κ1) is 21.6. The van der Waals surface area contributed by atoms with Crippen molar-refractivity contribution < 1.29 is 60.6 Å². The molecule has 0 radical (unpaired) electrons. The molecule has 0 heterocycles. The third kappa shape index (κ3) is 12.4. The molecular formula is H4MgO13P4. The van der Waals surface area contributed by atoms with E-state index in [0.29, 0.717) is 0 Å². The summed E-state index contributed by atoms with van der Waals surface area (Å²) in [4.78, 5) is 52.9. The van der Waals surface area contributed by atoms with E-state index in [-0.39, 0.29) is 23.1 Å². The summed E-state index contributed by atoms with van der Waals surface area (Å²) in [6, 6.07) is 0. The van der Waals surface area contributed by atoms with Gasteiger partial charge < -0.3 is 33.9 Å². The number of rotatable bonds is 6. The van der Waals surface area contributed by atoms with Gasteiger partial charge in [-0.3, -0.25) is 4.31 Å². The fourth-order valence-electron chi connectivity index (χ4n) is 0.421. The summed E-state index contributed by atoms with van der Waals surface area (Å²) in [6.45, 7) is 0. The molecule has 2 unspecified atom stereocenters. The normalized spacial score (nSPS) is 19.4. The number of hydrogen-bond acceptors (Lipinski definition) is 9. The molecule has 0 aromatic heterocycles. The maximum atomic E-state index is 10.6. The van der Waals surface area contributed by atoms with Crippen LogP contribution in [0.2, 0.25) is 0 Å². The molecule has 0 saturated heterocycles. The minimum atomic E-state index is -6.04. The second-order valence-electron chi connectivity index (χ2n) is 2.12. The Morgan fingerprint density at radius 3 is 1.33 bits per heavy atom. The van der Waals surface area contributed by atoms with Crippen LogP contribution in [0.5, 0.6) is 0 Å². The topological polar surface area (TPSA) is 223 Å². The number of hydrogen-bond donors (Lipinski definition) is 4. The Bertz CT molecular complexity index is 408. The molecule has 0 aliphatic heterocycles. The molecule has 0 rings (SSSR count). The second kappa shape index (κ2) is 6.86. The van der Waals surface area contributed by atoms with E-state index in [1.165, 1.54) is 0 Å². The molecule has 0 bridgehead atoms. The van der Waals surface area contributed by atoms with Crippen molar-refractivity contribution in [1.29, 1.82) is 0 Å². The van der Waals surface area contributed by atoms with Crippen LogP contribution in [0.15, 0.2) is 0 Å². The van der Waals surface area contributed by atoms with Crippen LogP contribution in [0.25, 0.3) is 0 Å². The van der Waals surface area contributed by atoms with E-state index in [0.717, 1.165) is 0 Å². The first-order chi connectivity index (χ1) is 7.12. The molecular weight excluding hydrogens is 356 g/mol. The van der Waals surface area contributed by atoms with Crippen molar-refractivity contribution in [2.75, 3.05) is 0 Å². The minimum Gasteiger partial charge on any atom is -0.789 e. The zero-order valence-electron chi connectivity index (χ0n) is 7.96. The quantitative estimate of drug-likeness (QED) is 0.291. The fourth-order valence-corrected chi connectivity index (χ4v) is 4.33. The van der Waals surface area contributed by atoms with E-state index in [9.17, 15) is 28.0 Å². The Hall–Kier alpha value is 1.33. The SMILES string of the molecule is O=P([O-])([O-])OP(=O)(O)OP(=O)(O)OP(=O)(O)O.[Mg+2]. The monoisotopic (exact) mass is 360 g/mol. The summed E-state index contributed by atoms with van der Waals surface area (Å²) in [5.74, 6) is 0. The first-order valence-electron chi connectivity index (χ1n) is 2.99. The predicted octanol–water partition coefficient (Wildman–Crippen LogP) is -2.22. The predicted molar refractivity (Wildman–Crippen MR) is 48.3 cm³/mol. The first-order valence-corrected chi connectivity index (χ1v) is 8.97. The molecule has 13 nitrogen and oxygen atoms in total. The Morgan fingerprint density at radius 2 is 1.06 bits per heavy atom. The summed E-state index contributed by atoms with van der Waals surface area (Å²) in [5.41, 5.74) is 0. The van der Waals surface area contributed by atoms with Crippen molar-refractivity contribution in [3.63, 3.8) is 0 Å². The van der Waals surface area contributed by atoms with E-state index in [1.54, 1.807) is 0 Å². The molecule has 0 saturated carbocycles. The van der Waals surface area contributed by atoms with Crippen LogP contribution in [-0.2, 0) is 31.2 Å². The Kier molecular flexibility index (Phi) is 8.24. The standard InChI is InChI=1S/Mg.H6O13P4/c;1-14(2,3)11-16(7,8)13-17(9,10)12-15(4,5)6/h;(H,7,8)(H,9,10)(H2,1,2,3)(H2,4,5,6)/q+2;/p-2. The van der Waals surface area contributed by atoms with Gasteiger partial charge in [-0.15, -0.1) is 0 Å². The molecule has 0 aliphatic carbocycles. The van der Waals surface area contributed by atoms with Gasteiger partial charge in [-0.1, -0.05) is 0 Å². The van der Waals surface area contributed by atoms with Crippen LogP contribution < -0.4 is 9.79 Å². The van der Waals surface area contributed by atoms with Crippen molar-refractivity contribution in [3.05, 3.63) is 0 Å². The molecule has 104 valence electrons. The molecule has 0 fully saturated rings. The summed E-state index contributed by atoms with van der Waals surface area (Å²) in [6.07, 6.45) is 0. The van der Waals surface area contributed by atoms with Gasteiger partial charge in [0.05, 0.1) is 7.82 Å². The van der Waals surface area contributed by atoms with Gasteiger partial charge in [0.25, 0.3) is 0 Å². The van der Waals surface area contributed by atoms with Gasteiger partial charge in [-0.05, 0) is 0 Å². The smallest absolute Gasteiger partial charge is 0.789 e. The van der Waals surface area contributed by atoms with Crippen LogP contribution in [0.4, 0.5) is 0 Å². The zero-order valence-corrected chi connectivity index (χ0v) is 13.0. The van der Waals surface area contributed by atoms with E-state index in [2.05, 4.69) is 12.9 Å². The average Bonchev–Trinajstić information content (AvgIpc) is 1.65. The van der Waals surface area contributed by atoms with Gasteiger partial charge in [0.15, 0.2) is 0 Å². The van der Waals surface area contributed by atoms with Gasteiger partial charge in [0, 0.05) is 0 Å². The van der Waals surface area contributed by atoms with Crippen molar-refractivity contribution in [1.82, 2.24) is 0 Å². The van der Waals surface area contributed by atoms with Gasteiger partial charge in [-0.2, -0.15) is 8.62 Å². The molecule has 18 heavy (non-hydrogen) atoms. The summed E-state index contributed by atoms with van der Waals surface area (Å²) < 4.78 is 50.2. The van der Waals surface area contributed by atoms with Gasteiger partial charge in [-0.25, -0.2) is 13.7 Å². The summed E-state index contributed by atoms with van der Waals surface area (Å²) >= 11 is 0. The molecule has 18 heteroatoms. The number of phosphoric acid groups is 4. The van der Waals surface area contributed by atoms with E-state index < -0.39 is 31.3 Å². The van der Waals surface area contributed by atoms with Gasteiger partial charge in [0.2, 0.25) is 0 Å². The van der Waals surface area contributed by atoms with E-state index in [1.807, 2.05) is 0 Å². The van der Waals surface area contributed by atoms with Crippen molar-refractivity contribution in [2.24, 2.45) is 0 Å². The molecule has 2 atom stereocenters. The van der Waals surface area contributed by atoms with Crippen molar-refractivity contribution in [2.45, 2.75) is 0 Å². The van der Waals surface area contributed by atoms with Gasteiger partial charge >= 0.3 is 46.5 Å². The second-order valence-corrected chi connectivity index (χ2v) is 7.83. The molecule has 0 aromatic rings. The van der Waals surface area contributed by atoms with E-state index in [4.69, 9.17) is 19.6 Å². The van der Waals surface area contributed by atoms with Crippen LogP contribution >= 0.6 is 31.3 Å². The van der Waals surface area contributed by atoms with Crippen LogP contribution in [0, 0.1) is 0 Å². The zero-order chi connectivity index (χ0) is 14.1. The van der Waals surface area contributed by atoms with Crippen molar-refractivity contribution >= 4 is 54.3 Å². The average molecular weight is 360 g/mol. The fraction of sp³-hybridized carbons (Fsp3) is 0. The maximum Gasteiger partial charge on any atom is 2.00 e. The third-order valence-corrected chi connectivity index (χ3v) is 5.57. The molecule has 0 aromatic carbocycles. The third-order valence-electron chi connectivity index (χ3n) is 0.619. The molecule has 4 N–H and O–H groups in total. The minimum absolute atomic E-state index is 0. The van der Waals surface area contributed by atoms with Crippen molar-refractivity contribution in [3.8, 4) is 0 Å². The van der Waals surface area contributed by atoms with Crippen LogP contribution in [0.3, 0.4) is 0 Å². The molecule has 0 spiro atoms. The molecule has 0 aliphatic rings. The van der Waals surface area contributed by atoms with Gasteiger partial charge in [0.1, 0.15) is 0 Å². The maximum absolute atomic E-state index is 10.6. The van der Waals surface area contributed by atoms with Crippen LogP contribution in [-0.4, -0.2) is 42.6 Å². The Morgan fingerprint density at radius 1 is 0.722 bits per heavy atom. The summed E-state index contributed by atoms with van der Waals surface area (Å²) in [5, 5.41) is 0. The largest absolute Gasteiger partial charge is 2.00 e. The van der Waals surface area contributed by atoms with Crippen LogP contribution in [0.1, 0.15) is 0 Å². The Balaban J connectivity index is 0. The van der Waals surface area contributed by atoms with E-state index >= 15 is 0 Å². The summed E-state index contributed by atoms with van der Waals surface area (Å²) in [7, 11) is -23.3.